The molecule has 1 aliphatic rings. The standard InChI is InChI=1S/C7H14F3O12P3/c1-4-2-5(11)6(20-4,7(8,9)10)3-19-24(15,16)22-25(17,18)21-23(12,13)14/h4-5,11H,2-3H2,1H3,(H,15,16)(H,17,18)(H2,12,13,14)/p-4/t4-,5+,6+/m0/s1. The summed E-state index contributed by atoms with van der Waals surface area (Å²) < 4.78 is 85.9. The highest BCUT2D eigenvalue weighted by Crippen LogP contribution is 2.61. The zero-order chi connectivity index (χ0) is 19.9. The van der Waals surface area contributed by atoms with Gasteiger partial charge >= 0.3 is 6.18 Å². The van der Waals surface area contributed by atoms with Gasteiger partial charge in [-0.05, 0) is 6.92 Å². The first-order valence-corrected chi connectivity index (χ1v) is 10.4. The molecule has 1 aliphatic heterocycles. The van der Waals surface area contributed by atoms with Crippen molar-refractivity contribution in [3.05, 3.63) is 0 Å². The Balaban J connectivity index is 2.91. The van der Waals surface area contributed by atoms with Crippen LogP contribution in [0.3, 0.4) is 0 Å². The van der Waals surface area contributed by atoms with E-state index in [2.05, 4.69) is 17.9 Å². The molecule has 0 aromatic carbocycles. The number of hydrogen-bond acceptors (Lipinski definition) is 12. The molecule has 1 fully saturated rings. The van der Waals surface area contributed by atoms with Gasteiger partial charge in [0.1, 0.15) is 0 Å². The summed E-state index contributed by atoms with van der Waals surface area (Å²) >= 11 is 0. The van der Waals surface area contributed by atoms with Crippen LogP contribution in [-0.4, -0.2) is 35.7 Å². The molecule has 150 valence electrons. The third-order valence-electron chi connectivity index (χ3n) is 2.82. The van der Waals surface area contributed by atoms with E-state index in [4.69, 9.17) is 0 Å². The van der Waals surface area contributed by atoms with Gasteiger partial charge in [0.25, 0.3) is 15.6 Å². The normalized spacial score (nSPS) is 33.0. The summed E-state index contributed by atoms with van der Waals surface area (Å²) in [7, 11) is -18.7. The first-order valence-electron chi connectivity index (χ1n) is 6.03. The number of aliphatic hydroxyl groups is 1. The van der Waals surface area contributed by atoms with Crippen molar-refractivity contribution in [2.45, 2.75) is 37.3 Å². The van der Waals surface area contributed by atoms with E-state index in [1.807, 2.05) is 0 Å². The number of halogens is 3. The first-order chi connectivity index (χ1) is 10.9. The summed E-state index contributed by atoms with van der Waals surface area (Å²) in [5, 5.41) is 9.51. The molecule has 1 rings (SSSR count). The number of alkyl halides is 3. The Morgan fingerprint density at radius 2 is 1.68 bits per heavy atom. The van der Waals surface area contributed by atoms with E-state index in [1.54, 1.807) is 0 Å². The van der Waals surface area contributed by atoms with E-state index in [0.29, 0.717) is 0 Å². The van der Waals surface area contributed by atoms with Gasteiger partial charge in [-0.15, -0.1) is 0 Å². The molecule has 2 unspecified atom stereocenters. The molecule has 0 aromatic rings. The fraction of sp³-hybridized carbons (Fsp3) is 1.00. The molecule has 1 saturated heterocycles. The largest absolute Gasteiger partial charge is 0.790 e. The molecule has 0 amide bonds. The number of phosphoric acid groups is 3. The molecule has 25 heavy (non-hydrogen) atoms. The van der Waals surface area contributed by atoms with Crippen molar-refractivity contribution in [1.29, 1.82) is 0 Å². The molecule has 0 saturated carbocycles. The topological polar surface area (TPSA) is 201 Å². The van der Waals surface area contributed by atoms with Crippen molar-refractivity contribution < 1.29 is 69.4 Å². The highest BCUT2D eigenvalue weighted by Gasteiger charge is 2.65. The minimum Gasteiger partial charge on any atom is -0.790 e. The Morgan fingerprint density at radius 3 is 2.04 bits per heavy atom. The summed E-state index contributed by atoms with van der Waals surface area (Å²) in [6.45, 7) is -0.793. The Morgan fingerprint density at radius 1 is 1.16 bits per heavy atom. The van der Waals surface area contributed by atoms with Crippen molar-refractivity contribution in [2.75, 3.05) is 6.61 Å². The van der Waals surface area contributed by atoms with E-state index in [9.17, 15) is 51.5 Å². The van der Waals surface area contributed by atoms with E-state index in [-0.39, 0.29) is 0 Å². The second-order valence-corrected chi connectivity index (χ2v) is 9.09. The van der Waals surface area contributed by atoms with Crippen molar-refractivity contribution in [3.8, 4) is 0 Å². The Kier molecular flexibility index (Phi) is 6.73. The quantitative estimate of drug-likeness (QED) is 0.443. The van der Waals surface area contributed by atoms with Crippen molar-refractivity contribution in [1.82, 2.24) is 0 Å². The predicted molar refractivity (Wildman–Crippen MR) is 60.9 cm³/mol. The van der Waals surface area contributed by atoms with Gasteiger partial charge in [-0.2, -0.15) is 13.2 Å². The van der Waals surface area contributed by atoms with Crippen molar-refractivity contribution in [2.24, 2.45) is 0 Å². The molecule has 0 bridgehead atoms. The molecule has 1 N–H and O–H groups in total. The maximum Gasteiger partial charge on any atom is 0.422 e. The van der Waals surface area contributed by atoms with Crippen LogP contribution < -0.4 is 19.6 Å². The van der Waals surface area contributed by atoms with Gasteiger partial charge in [0.2, 0.25) is 5.60 Å². The lowest BCUT2D eigenvalue weighted by Crippen LogP contribution is -2.56. The fourth-order valence-corrected chi connectivity index (χ4v) is 4.80. The van der Waals surface area contributed by atoms with Crippen LogP contribution in [0.25, 0.3) is 0 Å². The van der Waals surface area contributed by atoms with Crippen LogP contribution in [0.15, 0.2) is 0 Å². The van der Waals surface area contributed by atoms with E-state index >= 15 is 0 Å². The molecular weight excluding hydrogens is 426 g/mol. The number of hydrogen-bond donors (Lipinski definition) is 1. The summed E-state index contributed by atoms with van der Waals surface area (Å²) in [5.41, 5.74) is -3.50. The zero-order valence-electron chi connectivity index (χ0n) is 12.0. The van der Waals surface area contributed by atoms with Gasteiger partial charge in [-0.1, -0.05) is 0 Å². The van der Waals surface area contributed by atoms with E-state index in [1.165, 1.54) is 0 Å². The fourth-order valence-electron chi connectivity index (χ4n) is 1.92. The molecule has 0 aliphatic carbocycles. The summed E-state index contributed by atoms with van der Waals surface area (Å²) in [6, 6.07) is 0. The Bertz CT molecular complexity index is 632. The molecule has 0 aromatic heterocycles. The average molecular weight is 436 g/mol. The second-order valence-electron chi connectivity index (χ2n) is 4.85. The van der Waals surface area contributed by atoms with E-state index < -0.39 is 60.5 Å². The first kappa shape index (κ1) is 23.2. The minimum absolute atomic E-state index is 0.536. The number of rotatable bonds is 7. The Labute approximate surface area is 137 Å². The van der Waals surface area contributed by atoms with Crippen LogP contribution in [0, 0.1) is 0 Å². The number of phosphoric ester groups is 1. The molecular formula is C7H10F3O12P3-4. The highest BCUT2D eigenvalue weighted by molar-refractivity contribution is 7.64. The van der Waals surface area contributed by atoms with E-state index in [0.717, 1.165) is 6.92 Å². The molecule has 1 heterocycles. The summed E-state index contributed by atoms with van der Waals surface area (Å²) in [5.74, 6) is 0. The summed E-state index contributed by atoms with van der Waals surface area (Å²) in [4.78, 5) is 42.4. The third kappa shape index (κ3) is 6.35. The lowest BCUT2D eigenvalue weighted by Gasteiger charge is -2.39. The van der Waals surface area contributed by atoms with Gasteiger partial charge in [0.15, 0.2) is 0 Å². The minimum atomic E-state index is -6.31. The van der Waals surface area contributed by atoms with Crippen molar-refractivity contribution >= 4 is 23.5 Å². The monoisotopic (exact) mass is 436 g/mol. The smallest absolute Gasteiger partial charge is 0.422 e. The van der Waals surface area contributed by atoms with Crippen LogP contribution in [0.5, 0.6) is 0 Å². The van der Waals surface area contributed by atoms with Crippen LogP contribution in [0.1, 0.15) is 13.3 Å². The van der Waals surface area contributed by atoms with Crippen LogP contribution in [0.4, 0.5) is 13.2 Å². The molecule has 0 spiro atoms. The maximum absolute atomic E-state index is 13.1. The molecule has 12 nitrogen and oxygen atoms in total. The van der Waals surface area contributed by atoms with Gasteiger partial charge in [-0.25, -0.2) is 4.31 Å². The second kappa shape index (κ2) is 7.27. The SMILES string of the molecule is C[C@H]1C[C@@H](O)[C@](COP(=O)([O-])OP(=O)([O-])OP(=O)([O-])[O-])(C(F)(F)F)O1. The Hall–Kier alpha value is 0.120. The van der Waals surface area contributed by atoms with Crippen LogP contribution in [-0.2, 0) is 31.6 Å². The van der Waals surface area contributed by atoms with Gasteiger partial charge in [-0.3, -0.25) is 13.4 Å². The third-order valence-corrected chi connectivity index (χ3v) is 6.47. The predicted octanol–water partition coefficient (Wildman–Crippen LogP) is -1.73. The summed E-state index contributed by atoms with van der Waals surface area (Å²) in [6.07, 6.45) is -9.26. The van der Waals surface area contributed by atoms with Crippen molar-refractivity contribution in [3.63, 3.8) is 0 Å². The average Bonchev–Trinajstić information content (AvgIpc) is 2.56. The zero-order valence-corrected chi connectivity index (χ0v) is 14.7. The van der Waals surface area contributed by atoms with Gasteiger partial charge in [0, 0.05) is 6.42 Å². The lowest BCUT2D eigenvalue weighted by atomic mass is 9.97. The van der Waals surface area contributed by atoms with Crippen LogP contribution in [0.2, 0.25) is 0 Å². The van der Waals surface area contributed by atoms with Gasteiger partial charge in [0.05, 0.1) is 26.6 Å². The molecule has 0 radical (unpaired) electrons. The van der Waals surface area contributed by atoms with Crippen LogP contribution >= 0.6 is 23.5 Å². The van der Waals surface area contributed by atoms with Gasteiger partial charge < -0.3 is 38.5 Å². The molecule has 18 heteroatoms. The maximum atomic E-state index is 13.1. The number of ether oxygens (including phenoxy) is 1. The molecule has 5 atom stereocenters. The number of aliphatic hydroxyl groups excluding tert-OH is 1. The highest BCUT2D eigenvalue weighted by atomic mass is 31.3. The lowest BCUT2D eigenvalue weighted by molar-refractivity contribution is -0.339.